The van der Waals surface area contributed by atoms with Gasteiger partial charge < -0.3 is 5.32 Å². The summed E-state index contributed by atoms with van der Waals surface area (Å²) < 4.78 is 14.8. The van der Waals surface area contributed by atoms with Gasteiger partial charge in [0.1, 0.15) is 0 Å². The molecule has 1 aromatic carbocycles. The molecule has 1 unspecified atom stereocenters. The van der Waals surface area contributed by atoms with Gasteiger partial charge in [0.25, 0.3) is 5.69 Å². The Hall–Kier alpha value is -1.37. The van der Waals surface area contributed by atoms with Crippen molar-refractivity contribution in [3.63, 3.8) is 0 Å². The number of non-ortho nitro benzene ring substituents is 1. The van der Waals surface area contributed by atoms with E-state index in [0.29, 0.717) is 8.67 Å². The van der Waals surface area contributed by atoms with Crippen LogP contribution in [0.5, 0.6) is 0 Å². The van der Waals surface area contributed by atoms with Crippen LogP contribution in [0.2, 0.25) is 8.67 Å². The molecule has 8 heteroatoms. The molecule has 1 N–H and O–H groups in total. The minimum Gasteiger partial charge on any atom is -0.376 e. The molecule has 1 atom stereocenters. The number of benzene rings is 1. The summed E-state index contributed by atoms with van der Waals surface area (Å²) in [7, 11) is 0. The summed E-state index contributed by atoms with van der Waals surface area (Å²) in [6.07, 6.45) is 0. The molecule has 0 aliphatic carbocycles. The van der Waals surface area contributed by atoms with Crippen molar-refractivity contribution in [1.82, 2.24) is 0 Å². The van der Waals surface area contributed by atoms with Crippen LogP contribution in [-0.2, 0) is 0 Å². The first-order valence-corrected chi connectivity index (χ1v) is 7.11. The Bertz CT molecular complexity index is 663. The highest BCUT2D eigenvalue weighted by Gasteiger charge is 2.16. The van der Waals surface area contributed by atoms with Crippen LogP contribution in [0, 0.1) is 15.9 Å². The zero-order chi connectivity index (χ0) is 14.9. The third-order valence-corrected chi connectivity index (χ3v) is 4.20. The minimum atomic E-state index is -0.691. The summed E-state index contributed by atoms with van der Waals surface area (Å²) in [6, 6.07) is 4.86. The molecule has 0 spiro atoms. The third-order valence-electron chi connectivity index (χ3n) is 2.69. The van der Waals surface area contributed by atoms with Crippen LogP contribution in [0.1, 0.15) is 18.5 Å². The Balaban J connectivity index is 2.22. The van der Waals surface area contributed by atoms with Gasteiger partial charge in [0.15, 0.2) is 5.82 Å². The summed E-state index contributed by atoms with van der Waals surface area (Å²) in [4.78, 5) is 9.90. The second kappa shape index (κ2) is 5.95. The fourth-order valence-electron chi connectivity index (χ4n) is 1.69. The number of rotatable bonds is 4. The van der Waals surface area contributed by atoms with Gasteiger partial charge >= 0.3 is 0 Å². The number of nitrogens with zero attached hydrogens (tertiary/aromatic N) is 1. The van der Waals surface area contributed by atoms with Gasteiger partial charge in [0, 0.05) is 11.6 Å². The number of nitro benzene ring substituents is 1. The Morgan fingerprint density at radius 1 is 1.40 bits per heavy atom. The molecule has 2 aromatic rings. The standard InChI is InChI=1S/C12H9Cl2FN2O2S/c1-6(8-5-11(13)20-12(8)14)16-10-3-2-7(17(18)19)4-9(10)15/h2-6,16H,1H3. The maximum Gasteiger partial charge on any atom is 0.272 e. The van der Waals surface area contributed by atoms with Gasteiger partial charge in [0.05, 0.1) is 31.4 Å². The Morgan fingerprint density at radius 2 is 2.10 bits per heavy atom. The lowest BCUT2D eigenvalue weighted by molar-refractivity contribution is -0.385. The lowest BCUT2D eigenvalue weighted by Gasteiger charge is -2.15. The normalized spacial score (nSPS) is 12.2. The molecule has 0 bridgehead atoms. The van der Waals surface area contributed by atoms with Crippen molar-refractivity contribution in [2.45, 2.75) is 13.0 Å². The first-order valence-electron chi connectivity index (χ1n) is 5.53. The molecule has 4 nitrogen and oxygen atoms in total. The summed E-state index contributed by atoms with van der Waals surface area (Å²) in [6.45, 7) is 1.80. The number of halogens is 3. The molecule has 106 valence electrons. The Labute approximate surface area is 128 Å². The highest BCUT2D eigenvalue weighted by molar-refractivity contribution is 7.20. The monoisotopic (exact) mass is 334 g/mol. The van der Waals surface area contributed by atoms with Crippen LogP contribution in [0.3, 0.4) is 0 Å². The SMILES string of the molecule is CC(Nc1ccc([N+](=O)[O-])cc1F)c1cc(Cl)sc1Cl. The van der Waals surface area contributed by atoms with Crippen molar-refractivity contribution in [3.8, 4) is 0 Å². The van der Waals surface area contributed by atoms with Crippen LogP contribution in [0.15, 0.2) is 24.3 Å². The van der Waals surface area contributed by atoms with E-state index < -0.39 is 10.7 Å². The zero-order valence-corrected chi connectivity index (χ0v) is 12.5. The van der Waals surface area contributed by atoms with Crippen LogP contribution in [-0.4, -0.2) is 4.92 Å². The van der Waals surface area contributed by atoms with Gasteiger partial charge in [-0.05, 0) is 19.1 Å². The van der Waals surface area contributed by atoms with E-state index in [2.05, 4.69) is 5.32 Å². The van der Waals surface area contributed by atoms with Crippen molar-refractivity contribution < 1.29 is 9.31 Å². The number of thiophene rings is 1. The fraction of sp³-hybridized carbons (Fsp3) is 0.167. The van der Waals surface area contributed by atoms with Crippen molar-refractivity contribution >= 4 is 45.9 Å². The number of anilines is 1. The van der Waals surface area contributed by atoms with E-state index in [-0.39, 0.29) is 17.4 Å². The van der Waals surface area contributed by atoms with Crippen LogP contribution in [0.25, 0.3) is 0 Å². The maximum atomic E-state index is 13.8. The van der Waals surface area contributed by atoms with E-state index in [1.165, 1.54) is 23.5 Å². The van der Waals surface area contributed by atoms with Crippen molar-refractivity contribution in [2.75, 3.05) is 5.32 Å². The molecular formula is C12H9Cl2FN2O2S. The van der Waals surface area contributed by atoms with Crippen LogP contribution < -0.4 is 5.32 Å². The lowest BCUT2D eigenvalue weighted by Crippen LogP contribution is -2.07. The molecular weight excluding hydrogens is 326 g/mol. The zero-order valence-electron chi connectivity index (χ0n) is 10.2. The highest BCUT2D eigenvalue weighted by atomic mass is 35.5. The van der Waals surface area contributed by atoms with E-state index in [0.717, 1.165) is 11.6 Å². The van der Waals surface area contributed by atoms with E-state index >= 15 is 0 Å². The molecule has 0 amide bonds. The topological polar surface area (TPSA) is 55.2 Å². The lowest BCUT2D eigenvalue weighted by atomic mass is 10.1. The number of nitrogens with one attached hydrogen (secondary N) is 1. The first-order chi connectivity index (χ1) is 9.38. The smallest absolute Gasteiger partial charge is 0.272 e. The quantitative estimate of drug-likeness (QED) is 0.611. The van der Waals surface area contributed by atoms with E-state index in [4.69, 9.17) is 23.2 Å². The summed E-state index contributed by atoms with van der Waals surface area (Å²) in [5.41, 5.74) is 0.623. The van der Waals surface area contributed by atoms with Gasteiger partial charge in [-0.3, -0.25) is 10.1 Å². The van der Waals surface area contributed by atoms with Gasteiger partial charge in [-0.1, -0.05) is 23.2 Å². The molecule has 2 rings (SSSR count). The fourth-order valence-corrected chi connectivity index (χ4v) is 3.34. The minimum absolute atomic E-state index is 0.168. The molecule has 0 aliphatic heterocycles. The highest BCUT2D eigenvalue weighted by Crippen LogP contribution is 2.36. The number of hydrogen-bond donors (Lipinski definition) is 1. The molecule has 0 saturated carbocycles. The molecule has 1 heterocycles. The molecule has 0 radical (unpaired) electrons. The molecule has 0 saturated heterocycles. The predicted octanol–water partition coefficient (Wildman–Crippen LogP) is 5.28. The van der Waals surface area contributed by atoms with Gasteiger partial charge in [0.2, 0.25) is 0 Å². The van der Waals surface area contributed by atoms with E-state index in [1.54, 1.807) is 13.0 Å². The van der Waals surface area contributed by atoms with Gasteiger partial charge in [-0.15, -0.1) is 11.3 Å². The van der Waals surface area contributed by atoms with Crippen molar-refractivity contribution in [1.29, 1.82) is 0 Å². The molecule has 1 aromatic heterocycles. The second-order valence-electron chi connectivity index (χ2n) is 4.07. The van der Waals surface area contributed by atoms with Crippen LogP contribution >= 0.6 is 34.5 Å². The average Bonchev–Trinajstić information content (AvgIpc) is 2.70. The second-order valence-corrected chi connectivity index (χ2v) is 6.35. The van der Waals surface area contributed by atoms with Crippen molar-refractivity contribution in [3.05, 3.63) is 54.4 Å². The molecule has 0 fully saturated rings. The molecule has 0 aliphatic rings. The largest absolute Gasteiger partial charge is 0.376 e. The Morgan fingerprint density at radius 3 is 2.60 bits per heavy atom. The molecule has 20 heavy (non-hydrogen) atoms. The summed E-state index contributed by atoms with van der Waals surface area (Å²) in [5.74, 6) is -0.691. The van der Waals surface area contributed by atoms with Gasteiger partial charge in [-0.2, -0.15) is 0 Å². The first kappa shape index (κ1) is 15.0. The Kier molecular flexibility index (Phi) is 4.47. The van der Waals surface area contributed by atoms with Gasteiger partial charge in [-0.25, -0.2) is 4.39 Å². The number of nitro groups is 1. The summed E-state index contributed by atoms with van der Waals surface area (Å²) >= 11 is 13.1. The average molecular weight is 335 g/mol. The van der Waals surface area contributed by atoms with Crippen LogP contribution in [0.4, 0.5) is 15.8 Å². The predicted molar refractivity (Wildman–Crippen MR) is 79.4 cm³/mol. The third kappa shape index (κ3) is 3.20. The summed E-state index contributed by atoms with van der Waals surface area (Å²) in [5, 5.41) is 13.5. The number of hydrogen-bond acceptors (Lipinski definition) is 4. The van der Waals surface area contributed by atoms with Crippen molar-refractivity contribution in [2.24, 2.45) is 0 Å². The maximum absolute atomic E-state index is 13.8. The van der Waals surface area contributed by atoms with E-state index in [9.17, 15) is 14.5 Å². The van der Waals surface area contributed by atoms with E-state index in [1.807, 2.05) is 0 Å².